The number of methoxy groups -OCH3 is 1. The van der Waals surface area contributed by atoms with Gasteiger partial charge in [-0.1, -0.05) is 102 Å². The second-order valence-corrected chi connectivity index (χ2v) is 17.3. The lowest BCUT2D eigenvalue weighted by molar-refractivity contribution is -0.263. The molecule has 2 aromatic rings. The van der Waals surface area contributed by atoms with E-state index in [0.29, 0.717) is 11.1 Å². The number of alkyl carbamates (subject to hydrolysis) is 1. The van der Waals surface area contributed by atoms with Crippen LogP contribution in [-0.2, 0) is 49.5 Å². The van der Waals surface area contributed by atoms with E-state index in [-0.39, 0.29) is 31.3 Å². The summed E-state index contributed by atoms with van der Waals surface area (Å²) in [5, 5.41) is 36.4. The smallest absolute Gasteiger partial charge is 0.408 e. The van der Waals surface area contributed by atoms with Crippen molar-refractivity contribution in [3.8, 4) is 0 Å². The van der Waals surface area contributed by atoms with Gasteiger partial charge in [0.05, 0.1) is 26.2 Å². The number of ether oxygens (including phenoxy) is 4. The maximum Gasteiger partial charge on any atom is 0.408 e. The fourth-order valence-electron chi connectivity index (χ4n) is 6.55. The molecule has 0 bridgehead atoms. The zero-order valence-corrected chi connectivity index (χ0v) is 36.8. The van der Waals surface area contributed by atoms with Crippen LogP contribution in [0.2, 0.25) is 0 Å². The first kappa shape index (κ1) is 50.3. The number of carbonyl (C=O) groups excluding carboxylic acids is 6. The average molecular weight is 856 g/mol. The summed E-state index contributed by atoms with van der Waals surface area (Å²) in [6.07, 6.45) is -7.85. The van der Waals surface area contributed by atoms with E-state index in [1.54, 1.807) is 103 Å². The summed E-state index contributed by atoms with van der Waals surface area (Å²) >= 11 is 0. The van der Waals surface area contributed by atoms with Crippen molar-refractivity contribution in [2.45, 2.75) is 142 Å². The molecule has 17 heteroatoms. The third kappa shape index (κ3) is 15.7. The first-order valence-electron chi connectivity index (χ1n) is 20.6. The maximum absolute atomic E-state index is 14.1. The maximum atomic E-state index is 14.1. The molecule has 5 amide bonds. The minimum atomic E-state index is -1.89. The number of amides is 5. The molecule has 7 N–H and O–H groups in total. The van der Waals surface area contributed by atoms with Crippen LogP contribution in [0.4, 0.5) is 4.79 Å². The molecule has 9 atom stereocenters. The quantitative estimate of drug-likeness (QED) is 0.101. The van der Waals surface area contributed by atoms with E-state index < -0.39 is 102 Å². The SMILES string of the molecule is COC(=O)C[C@H](NC(=O)[C@H]1O[C@H](OCc2ccccc2)[C@H](NC(=O)[C@H](CC(C)C)NC(=O)[C@@H](NC(=O)[C@@H](NC(=O)OC(C)(C)C)C(C)C)C(C)C)[C@@H](O)[C@H]1O)c1ccccc1. The van der Waals surface area contributed by atoms with Crippen molar-refractivity contribution in [2.24, 2.45) is 17.8 Å². The summed E-state index contributed by atoms with van der Waals surface area (Å²) < 4.78 is 22.3. The molecule has 0 saturated carbocycles. The molecule has 0 aliphatic carbocycles. The van der Waals surface area contributed by atoms with Gasteiger partial charge in [-0.25, -0.2) is 4.79 Å². The lowest BCUT2D eigenvalue weighted by Gasteiger charge is -2.42. The number of rotatable bonds is 19. The molecule has 61 heavy (non-hydrogen) atoms. The zero-order valence-electron chi connectivity index (χ0n) is 36.8. The van der Waals surface area contributed by atoms with Crippen LogP contribution in [0, 0.1) is 17.8 Å². The topological polar surface area (TPSA) is 240 Å². The van der Waals surface area contributed by atoms with Crippen molar-refractivity contribution < 1.29 is 57.9 Å². The Balaban J connectivity index is 1.86. The van der Waals surface area contributed by atoms with Gasteiger partial charge in [-0.3, -0.25) is 24.0 Å². The number of benzene rings is 2. The monoisotopic (exact) mass is 855 g/mol. The van der Waals surface area contributed by atoms with E-state index in [9.17, 15) is 39.0 Å². The van der Waals surface area contributed by atoms with E-state index in [1.807, 2.05) is 19.9 Å². The van der Waals surface area contributed by atoms with Gasteiger partial charge in [-0.05, 0) is 56.1 Å². The van der Waals surface area contributed by atoms with Crippen molar-refractivity contribution in [1.82, 2.24) is 26.6 Å². The molecular weight excluding hydrogens is 791 g/mol. The highest BCUT2D eigenvalue weighted by Crippen LogP contribution is 2.26. The molecule has 0 aromatic heterocycles. The van der Waals surface area contributed by atoms with E-state index in [4.69, 9.17) is 18.9 Å². The van der Waals surface area contributed by atoms with Gasteiger partial charge < -0.3 is 55.7 Å². The summed E-state index contributed by atoms with van der Waals surface area (Å²) in [6.45, 7) is 15.6. The Bertz CT molecular complexity index is 1750. The lowest BCUT2D eigenvalue weighted by Crippen LogP contribution is -2.68. The van der Waals surface area contributed by atoms with Crippen LogP contribution in [0.25, 0.3) is 0 Å². The Kier molecular flexibility index (Phi) is 19.1. The molecule has 1 saturated heterocycles. The van der Waals surface area contributed by atoms with Crippen LogP contribution in [0.3, 0.4) is 0 Å². The van der Waals surface area contributed by atoms with Gasteiger partial charge in [-0.2, -0.15) is 0 Å². The van der Waals surface area contributed by atoms with Gasteiger partial charge in [0.2, 0.25) is 17.7 Å². The normalized spacial score (nSPS) is 21.1. The van der Waals surface area contributed by atoms with Gasteiger partial charge in [0.25, 0.3) is 5.91 Å². The van der Waals surface area contributed by atoms with Gasteiger partial charge in [0.1, 0.15) is 42.0 Å². The van der Waals surface area contributed by atoms with Crippen LogP contribution in [-0.4, -0.2) is 107 Å². The molecule has 1 heterocycles. The summed E-state index contributed by atoms with van der Waals surface area (Å²) in [4.78, 5) is 80.2. The number of hydrogen-bond acceptors (Lipinski definition) is 12. The average Bonchev–Trinajstić information content (AvgIpc) is 3.19. The third-order valence-corrected chi connectivity index (χ3v) is 9.75. The van der Waals surface area contributed by atoms with Crippen LogP contribution < -0.4 is 26.6 Å². The number of aliphatic hydroxyl groups excluding tert-OH is 2. The molecule has 0 radical (unpaired) electrons. The predicted octanol–water partition coefficient (Wildman–Crippen LogP) is 2.78. The van der Waals surface area contributed by atoms with Gasteiger partial charge in [0, 0.05) is 0 Å². The van der Waals surface area contributed by atoms with Crippen LogP contribution >= 0.6 is 0 Å². The van der Waals surface area contributed by atoms with Crippen molar-refractivity contribution in [3.63, 3.8) is 0 Å². The van der Waals surface area contributed by atoms with E-state index in [2.05, 4.69) is 26.6 Å². The van der Waals surface area contributed by atoms with Crippen molar-refractivity contribution in [3.05, 3.63) is 71.8 Å². The molecular formula is C44H65N5O12. The molecule has 1 aliphatic rings. The van der Waals surface area contributed by atoms with Crippen molar-refractivity contribution >= 4 is 35.7 Å². The summed E-state index contributed by atoms with van der Waals surface area (Å²) in [6, 6.07) is 11.8. The Hall–Kier alpha value is -5.10. The Labute approximate surface area is 358 Å². The molecule has 1 aliphatic heterocycles. The second-order valence-electron chi connectivity index (χ2n) is 17.3. The Morgan fingerprint density at radius 1 is 0.738 bits per heavy atom. The third-order valence-electron chi connectivity index (χ3n) is 9.75. The highest BCUT2D eigenvalue weighted by atomic mass is 16.7. The number of carbonyl (C=O) groups is 6. The number of nitrogens with one attached hydrogen (secondary N) is 5. The Morgan fingerprint density at radius 3 is 1.84 bits per heavy atom. The second kappa shape index (κ2) is 23.2. The molecule has 338 valence electrons. The van der Waals surface area contributed by atoms with Crippen molar-refractivity contribution in [1.29, 1.82) is 0 Å². The van der Waals surface area contributed by atoms with Gasteiger partial charge in [-0.15, -0.1) is 0 Å². The molecule has 3 rings (SSSR count). The van der Waals surface area contributed by atoms with Gasteiger partial charge in [0.15, 0.2) is 12.4 Å². The fourth-order valence-corrected chi connectivity index (χ4v) is 6.55. The van der Waals surface area contributed by atoms with Crippen LogP contribution in [0.5, 0.6) is 0 Å². The standard InChI is InChI=1S/C44H65N5O12/c1-24(2)21-30(46-39(54)32(25(3)4)47-40(55)33(26(5)6)49-43(57)61-44(7,8)9)38(53)48-34-35(51)36(52)37(60-42(34)59-23-27-17-13-11-14-18-27)41(56)45-29(22-31(50)58-10)28-19-15-12-16-20-28/h11-20,24-26,29-30,32-37,42,51-52H,21-23H2,1-10H3,(H,45,56)(H,46,54)(H,47,55)(H,48,53)(H,49,57)/t29-,30-,32-,33-,34+,35+,36+,37-,42-/m0/s1. The number of aliphatic hydroxyl groups is 2. The minimum Gasteiger partial charge on any atom is -0.469 e. The van der Waals surface area contributed by atoms with Crippen LogP contribution in [0.1, 0.15) is 92.3 Å². The fraction of sp³-hybridized carbons (Fsp3) is 0.591. The summed E-state index contributed by atoms with van der Waals surface area (Å²) in [5.41, 5.74) is 0.465. The highest BCUT2D eigenvalue weighted by molar-refractivity contribution is 5.94. The number of hydrogen-bond donors (Lipinski definition) is 7. The molecule has 1 fully saturated rings. The first-order valence-corrected chi connectivity index (χ1v) is 20.6. The van der Waals surface area contributed by atoms with E-state index in [1.165, 1.54) is 7.11 Å². The van der Waals surface area contributed by atoms with Crippen molar-refractivity contribution in [2.75, 3.05) is 7.11 Å². The predicted molar refractivity (Wildman–Crippen MR) is 224 cm³/mol. The molecule has 2 aromatic carbocycles. The highest BCUT2D eigenvalue weighted by Gasteiger charge is 2.49. The van der Waals surface area contributed by atoms with Crippen LogP contribution in [0.15, 0.2) is 60.7 Å². The number of esters is 1. The lowest BCUT2D eigenvalue weighted by atomic mass is 9.94. The summed E-state index contributed by atoms with van der Waals surface area (Å²) in [5.74, 6) is -4.52. The molecule has 0 spiro atoms. The van der Waals surface area contributed by atoms with E-state index >= 15 is 0 Å². The molecule has 0 unspecified atom stereocenters. The first-order chi connectivity index (χ1) is 28.6. The van der Waals surface area contributed by atoms with E-state index in [0.717, 1.165) is 0 Å². The minimum absolute atomic E-state index is 0.0773. The Morgan fingerprint density at radius 2 is 1.30 bits per heavy atom. The largest absolute Gasteiger partial charge is 0.469 e. The van der Waals surface area contributed by atoms with Gasteiger partial charge >= 0.3 is 12.1 Å². The molecule has 17 nitrogen and oxygen atoms in total. The zero-order chi connectivity index (χ0) is 45.6. The summed E-state index contributed by atoms with van der Waals surface area (Å²) in [7, 11) is 1.22.